The number of hydrogen-bond acceptors (Lipinski definition) is 4. The van der Waals surface area contributed by atoms with Gasteiger partial charge in [0.05, 0.1) is 21.2 Å². The lowest BCUT2D eigenvalue weighted by Gasteiger charge is -2.32. The second kappa shape index (κ2) is 13.6. The number of nitrogens with one attached hydrogen (secondary N) is 1. The van der Waals surface area contributed by atoms with Gasteiger partial charge in [-0.05, 0) is 63.1 Å². The van der Waals surface area contributed by atoms with E-state index in [9.17, 15) is 31.2 Å². The molecule has 0 aromatic heterocycles. The van der Waals surface area contributed by atoms with Gasteiger partial charge in [-0.25, -0.2) is 8.42 Å². The first-order valence-electron chi connectivity index (χ1n) is 13.2. The van der Waals surface area contributed by atoms with E-state index in [4.69, 9.17) is 11.6 Å². The van der Waals surface area contributed by atoms with Crippen molar-refractivity contribution < 1.29 is 31.2 Å². The van der Waals surface area contributed by atoms with Gasteiger partial charge in [0, 0.05) is 12.6 Å². The Balaban J connectivity index is 2.11. The predicted octanol–water partition coefficient (Wildman–Crippen LogP) is 6.19. The quantitative estimate of drug-likeness (QED) is 0.276. The maximum absolute atomic E-state index is 13.9. The fourth-order valence-corrected chi connectivity index (χ4v) is 5.71. The number of anilines is 1. The largest absolute Gasteiger partial charge is 0.417 e. The Hall–Kier alpha value is -3.57. The molecule has 3 aromatic carbocycles. The molecule has 0 aliphatic rings. The topological polar surface area (TPSA) is 86.8 Å². The summed E-state index contributed by atoms with van der Waals surface area (Å²) in [6, 6.07) is 15.9. The van der Waals surface area contributed by atoms with Gasteiger partial charge in [0.1, 0.15) is 12.6 Å². The molecule has 0 unspecified atom stereocenters. The molecule has 12 heteroatoms. The molecule has 0 radical (unpaired) electrons. The molecule has 2 atom stereocenters. The summed E-state index contributed by atoms with van der Waals surface area (Å²) in [5.41, 5.74) is -0.219. The SMILES string of the molecule is CC[C@@H](C)NC(=O)[C@@H](C)N(Cc1ccccc1)C(=O)CN(c1ccc(Cl)c(C(F)(F)F)c1)S(=O)(=O)c1ccc(C)cc1. The van der Waals surface area contributed by atoms with E-state index in [2.05, 4.69) is 5.32 Å². The van der Waals surface area contributed by atoms with Gasteiger partial charge < -0.3 is 10.2 Å². The van der Waals surface area contributed by atoms with Crippen LogP contribution < -0.4 is 9.62 Å². The second-order valence-electron chi connectivity index (χ2n) is 9.99. The lowest BCUT2D eigenvalue weighted by Crippen LogP contribution is -2.52. The Labute approximate surface area is 249 Å². The van der Waals surface area contributed by atoms with Crippen LogP contribution in [-0.4, -0.2) is 43.8 Å². The normalized spacial score (nSPS) is 13.2. The number of amides is 2. The van der Waals surface area contributed by atoms with Crippen LogP contribution in [0.4, 0.5) is 18.9 Å². The summed E-state index contributed by atoms with van der Waals surface area (Å²) in [7, 11) is -4.54. The smallest absolute Gasteiger partial charge is 0.352 e. The number of halogens is 4. The number of hydrogen-bond donors (Lipinski definition) is 1. The molecule has 7 nitrogen and oxygen atoms in total. The minimum absolute atomic E-state index is 0.0401. The zero-order chi connectivity index (χ0) is 31.2. The average molecular weight is 624 g/mol. The van der Waals surface area contributed by atoms with E-state index in [-0.39, 0.29) is 17.5 Å². The van der Waals surface area contributed by atoms with Crippen molar-refractivity contribution in [1.82, 2.24) is 10.2 Å². The van der Waals surface area contributed by atoms with Gasteiger partial charge in [0.25, 0.3) is 10.0 Å². The zero-order valence-electron chi connectivity index (χ0n) is 23.7. The highest BCUT2D eigenvalue weighted by molar-refractivity contribution is 7.92. The van der Waals surface area contributed by atoms with Crippen molar-refractivity contribution in [2.45, 2.75) is 63.8 Å². The average Bonchev–Trinajstić information content (AvgIpc) is 2.94. The van der Waals surface area contributed by atoms with Gasteiger partial charge in [-0.2, -0.15) is 13.2 Å². The number of benzene rings is 3. The van der Waals surface area contributed by atoms with Crippen LogP contribution in [-0.2, 0) is 32.3 Å². The highest BCUT2D eigenvalue weighted by Crippen LogP contribution is 2.38. The lowest BCUT2D eigenvalue weighted by atomic mass is 10.1. The van der Waals surface area contributed by atoms with Crippen molar-refractivity contribution in [1.29, 1.82) is 0 Å². The molecule has 1 N–H and O–H groups in total. The molecule has 226 valence electrons. The molecule has 3 aromatic rings. The third-order valence-corrected chi connectivity index (χ3v) is 8.91. The molecular weight excluding hydrogens is 591 g/mol. The molecular formula is C30H33ClF3N3O4S. The molecule has 42 heavy (non-hydrogen) atoms. The van der Waals surface area contributed by atoms with Crippen molar-refractivity contribution >= 4 is 39.1 Å². The van der Waals surface area contributed by atoms with Crippen LogP contribution in [0.15, 0.2) is 77.7 Å². The van der Waals surface area contributed by atoms with E-state index in [1.165, 1.54) is 24.0 Å². The number of aryl methyl sites for hydroxylation is 1. The van der Waals surface area contributed by atoms with E-state index in [0.717, 1.165) is 17.7 Å². The second-order valence-corrected chi connectivity index (χ2v) is 12.3. The molecule has 0 spiro atoms. The highest BCUT2D eigenvalue weighted by Gasteiger charge is 2.37. The first kappa shape index (κ1) is 32.9. The number of alkyl halides is 3. The fraction of sp³-hybridized carbons (Fsp3) is 0.333. The number of sulfonamides is 1. The van der Waals surface area contributed by atoms with E-state index < -0.39 is 56.9 Å². The number of carbonyl (C=O) groups excluding carboxylic acids is 2. The van der Waals surface area contributed by atoms with E-state index in [1.54, 1.807) is 49.4 Å². The summed E-state index contributed by atoms with van der Waals surface area (Å²) in [6.45, 7) is 6.05. The summed E-state index contributed by atoms with van der Waals surface area (Å²) >= 11 is 5.80. The molecule has 0 heterocycles. The Kier molecular flexibility index (Phi) is 10.7. The van der Waals surface area contributed by atoms with Crippen LogP contribution in [0.3, 0.4) is 0 Å². The van der Waals surface area contributed by atoms with Gasteiger partial charge in [0.15, 0.2) is 0 Å². The lowest BCUT2D eigenvalue weighted by molar-refractivity contribution is -0.139. The minimum atomic E-state index is -4.88. The predicted molar refractivity (Wildman–Crippen MR) is 157 cm³/mol. The van der Waals surface area contributed by atoms with Gasteiger partial charge in [-0.15, -0.1) is 0 Å². The van der Waals surface area contributed by atoms with Crippen LogP contribution in [0.5, 0.6) is 0 Å². The molecule has 0 aliphatic carbocycles. The first-order valence-corrected chi connectivity index (χ1v) is 15.1. The summed E-state index contributed by atoms with van der Waals surface area (Å²) < 4.78 is 69.6. The molecule has 0 aliphatic heterocycles. The van der Waals surface area contributed by atoms with E-state index in [1.807, 2.05) is 13.8 Å². The maximum atomic E-state index is 13.9. The van der Waals surface area contributed by atoms with Gasteiger partial charge in [-0.1, -0.05) is 66.6 Å². The first-order chi connectivity index (χ1) is 19.6. The highest BCUT2D eigenvalue weighted by atomic mass is 35.5. The van der Waals surface area contributed by atoms with Crippen molar-refractivity contribution in [2.24, 2.45) is 0 Å². The van der Waals surface area contributed by atoms with Crippen molar-refractivity contribution in [3.8, 4) is 0 Å². The number of nitrogens with zero attached hydrogens (tertiary/aromatic N) is 2. The zero-order valence-corrected chi connectivity index (χ0v) is 25.2. The van der Waals surface area contributed by atoms with E-state index in [0.29, 0.717) is 22.4 Å². The van der Waals surface area contributed by atoms with Crippen LogP contribution in [0.2, 0.25) is 5.02 Å². The Morgan fingerprint density at radius 2 is 1.60 bits per heavy atom. The molecule has 3 rings (SSSR count). The Morgan fingerprint density at radius 3 is 2.17 bits per heavy atom. The molecule has 0 saturated heterocycles. The minimum Gasteiger partial charge on any atom is -0.352 e. The van der Waals surface area contributed by atoms with Crippen molar-refractivity contribution in [2.75, 3.05) is 10.8 Å². The summed E-state index contributed by atoms with van der Waals surface area (Å²) in [6.07, 6.45) is -4.23. The standard InChI is InChI=1S/C30H33ClF3N3O4S/c1-5-21(3)35-29(39)22(4)36(18-23-9-7-6-8-10-23)28(38)19-37(42(40,41)25-14-11-20(2)12-15-25)24-13-16-27(31)26(17-24)30(32,33)34/h6-17,21-22H,5,18-19H2,1-4H3,(H,35,39)/t21-,22-/m1/s1. The van der Waals surface area contributed by atoms with Crippen LogP contribution >= 0.6 is 11.6 Å². The molecule has 2 amide bonds. The summed E-state index contributed by atoms with van der Waals surface area (Å²) in [4.78, 5) is 28.0. The Bertz CT molecular complexity index is 1500. The van der Waals surface area contributed by atoms with Crippen LogP contribution in [0, 0.1) is 6.92 Å². The molecule has 0 bridgehead atoms. The van der Waals surface area contributed by atoms with Crippen LogP contribution in [0.25, 0.3) is 0 Å². The molecule has 0 saturated carbocycles. The maximum Gasteiger partial charge on any atom is 0.417 e. The van der Waals surface area contributed by atoms with Gasteiger partial charge >= 0.3 is 6.18 Å². The third kappa shape index (κ3) is 8.04. The summed E-state index contributed by atoms with van der Waals surface area (Å²) in [5.74, 6) is -1.24. The number of carbonyl (C=O) groups is 2. The third-order valence-electron chi connectivity index (χ3n) is 6.80. The van der Waals surface area contributed by atoms with Crippen LogP contribution in [0.1, 0.15) is 43.9 Å². The molecule has 0 fully saturated rings. The van der Waals surface area contributed by atoms with Gasteiger partial charge in [-0.3, -0.25) is 13.9 Å². The van der Waals surface area contributed by atoms with Crippen molar-refractivity contribution in [3.63, 3.8) is 0 Å². The number of rotatable bonds is 11. The van der Waals surface area contributed by atoms with Gasteiger partial charge in [0.2, 0.25) is 11.8 Å². The van der Waals surface area contributed by atoms with E-state index >= 15 is 0 Å². The fourth-order valence-electron chi connectivity index (χ4n) is 4.08. The monoisotopic (exact) mass is 623 g/mol. The van der Waals surface area contributed by atoms with Crippen molar-refractivity contribution in [3.05, 3.63) is 94.5 Å². The summed E-state index contributed by atoms with van der Waals surface area (Å²) in [5, 5.41) is 2.20. The Morgan fingerprint density at radius 1 is 0.976 bits per heavy atom.